The van der Waals surface area contributed by atoms with Crippen molar-refractivity contribution in [2.75, 3.05) is 4.90 Å². The molecule has 0 saturated heterocycles. The standard InChI is InChI=1S/C93H87BN2O/c1-88(2,3)64-41-45-80-72(52-64)73-53-65(89(4,5)6)42-46-81(73)95(80)69-56-77-86-83(57-69)96(87-70(59-31-21-17-22-32-59)54-68(92(13,14)15)55-71(87)60-33-23-18-24-34-60)82-44-40-62(63-47-66(90(7,8)9)51-67(48-63)91(10,11)12)50-79(82)94(86)78-49-61(58-29-19-16-20-30-58)39-43-74(78)93(77)75-35-25-27-37-84(75)97-85-38-28-26-36-76(85)93/h16-57H,1-15H3/i16D,19D,20D,29D,30D. The first-order chi connectivity index (χ1) is 48.3. The largest absolute Gasteiger partial charge is 0.457 e. The zero-order valence-corrected chi connectivity index (χ0v) is 58.7. The number of anilines is 3. The van der Waals surface area contributed by atoms with Crippen LogP contribution in [0.25, 0.3) is 72.0 Å². The molecule has 1 spiro atoms. The molecule has 3 aliphatic rings. The van der Waals surface area contributed by atoms with Crippen LogP contribution in [0.4, 0.5) is 17.1 Å². The van der Waals surface area contributed by atoms with E-state index in [1.807, 2.05) is 6.07 Å². The maximum atomic E-state index is 9.67. The van der Waals surface area contributed by atoms with Gasteiger partial charge in [0.25, 0.3) is 0 Å². The van der Waals surface area contributed by atoms with Crippen molar-refractivity contribution in [3.8, 4) is 61.7 Å². The van der Waals surface area contributed by atoms with Crippen molar-refractivity contribution >= 4 is 62.0 Å². The van der Waals surface area contributed by atoms with Crippen molar-refractivity contribution in [2.24, 2.45) is 0 Å². The highest BCUT2D eigenvalue weighted by atomic mass is 16.5. The van der Waals surface area contributed by atoms with Crippen LogP contribution in [0.15, 0.2) is 255 Å². The summed E-state index contributed by atoms with van der Waals surface area (Å²) in [5.74, 6) is 1.46. The zero-order valence-electron chi connectivity index (χ0n) is 63.7. The van der Waals surface area contributed by atoms with Crippen LogP contribution in [0.5, 0.6) is 11.5 Å². The molecule has 0 unspecified atom stereocenters. The van der Waals surface area contributed by atoms with Crippen LogP contribution in [-0.4, -0.2) is 11.3 Å². The molecule has 4 heterocycles. The van der Waals surface area contributed by atoms with E-state index in [-0.39, 0.29) is 56.8 Å². The Kier molecular flexibility index (Phi) is 12.8. The predicted molar refractivity (Wildman–Crippen MR) is 414 cm³/mol. The van der Waals surface area contributed by atoms with Gasteiger partial charge in [-0.2, -0.15) is 0 Å². The molecule has 0 fully saturated rings. The summed E-state index contributed by atoms with van der Waals surface area (Å²) in [4.78, 5) is 2.62. The van der Waals surface area contributed by atoms with Crippen LogP contribution in [0.1, 0.15) is 161 Å². The highest BCUT2D eigenvalue weighted by Gasteiger charge is 2.55. The average Bonchev–Trinajstić information content (AvgIpc) is 0.692. The minimum atomic E-state index is -1.11. The molecule has 97 heavy (non-hydrogen) atoms. The van der Waals surface area contributed by atoms with Crippen LogP contribution in [0.3, 0.4) is 0 Å². The zero-order chi connectivity index (χ0) is 71.8. The fourth-order valence-electron chi connectivity index (χ4n) is 15.9. The molecule has 0 bridgehead atoms. The minimum absolute atomic E-state index is 0.130. The minimum Gasteiger partial charge on any atom is -0.457 e. The van der Waals surface area contributed by atoms with Gasteiger partial charge in [-0.1, -0.05) is 297 Å². The summed E-state index contributed by atoms with van der Waals surface area (Å²) in [5.41, 5.74) is 24.8. The molecule has 3 nitrogen and oxygen atoms in total. The van der Waals surface area contributed by atoms with Gasteiger partial charge < -0.3 is 14.2 Å². The number of rotatable bonds is 6. The summed E-state index contributed by atoms with van der Waals surface area (Å²) >= 11 is 0. The molecule has 13 aromatic rings. The highest BCUT2D eigenvalue weighted by molar-refractivity contribution is 6.99. The van der Waals surface area contributed by atoms with E-state index in [0.717, 1.165) is 117 Å². The van der Waals surface area contributed by atoms with Crippen molar-refractivity contribution in [1.29, 1.82) is 0 Å². The smallest absolute Gasteiger partial charge is 0.247 e. The fourth-order valence-corrected chi connectivity index (χ4v) is 15.9. The third-order valence-electron chi connectivity index (χ3n) is 21.1. The Morgan fingerprint density at radius 3 is 1.35 bits per heavy atom. The van der Waals surface area contributed by atoms with Gasteiger partial charge in [0.15, 0.2) is 0 Å². The van der Waals surface area contributed by atoms with Gasteiger partial charge in [0, 0.05) is 50.1 Å². The van der Waals surface area contributed by atoms with Gasteiger partial charge in [-0.3, -0.25) is 0 Å². The van der Waals surface area contributed by atoms with Gasteiger partial charge in [-0.05, 0) is 177 Å². The molecule has 3 aliphatic heterocycles. The monoisotopic (exact) mass is 1260 g/mol. The molecule has 0 atom stereocenters. The summed E-state index contributed by atoms with van der Waals surface area (Å²) in [6, 6.07) is 82.2. The maximum absolute atomic E-state index is 9.67. The van der Waals surface area contributed by atoms with E-state index >= 15 is 0 Å². The average molecular weight is 1260 g/mol. The van der Waals surface area contributed by atoms with Gasteiger partial charge in [0.1, 0.15) is 11.5 Å². The number of fused-ring (bicyclic) bond motifs is 13. The second-order valence-electron chi connectivity index (χ2n) is 32.6. The molecular formula is C93H87BN2O. The first kappa shape index (κ1) is 56.3. The Bertz CT molecular complexity index is 5420. The lowest BCUT2D eigenvalue weighted by Crippen LogP contribution is -2.65. The lowest BCUT2D eigenvalue weighted by atomic mass is 9.29. The number of hydrogen-bond donors (Lipinski definition) is 0. The topological polar surface area (TPSA) is 17.4 Å². The number of ether oxygens (including phenoxy) is 1. The van der Waals surface area contributed by atoms with E-state index in [1.165, 1.54) is 38.6 Å². The van der Waals surface area contributed by atoms with Crippen LogP contribution < -0.4 is 26.0 Å². The van der Waals surface area contributed by atoms with E-state index in [2.05, 4.69) is 332 Å². The quantitative estimate of drug-likeness (QED) is 0.154. The van der Waals surface area contributed by atoms with Crippen molar-refractivity contribution in [2.45, 2.75) is 136 Å². The molecule has 0 saturated carbocycles. The molecule has 0 N–H and O–H groups in total. The van der Waals surface area contributed by atoms with Crippen LogP contribution >= 0.6 is 0 Å². The highest BCUT2D eigenvalue weighted by Crippen LogP contribution is 2.59. The normalized spacial score (nSPS) is 14.8. The molecule has 0 radical (unpaired) electrons. The van der Waals surface area contributed by atoms with Crippen molar-refractivity contribution in [3.63, 3.8) is 0 Å². The molecule has 4 heteroatoms. The van der Waals surface area contributed by atoms with E-state index in [0.29, 0.717) is 5.56 Å². The van der Waals surface area contributed by atoms with Gasteiger partial charge in [0.2, 0.25) is 6.71 Å². The third kappa shape index (κ3) is 10.1. The number of aromatic nitrogens is 1. The Hall–Kier alpha value is -9.90. The molecule has 1 aromatic heterocycles. The molecule has 0 aliphatic carbocycles. The van der Waals surface area contributed by atoms with Crippen molar-refractivity contribution in [3.05, 3.63) is 305 Å². The molecule has 478 valence electrons. The SMILES string of the molecule is [2H]c1c([2H])c([2H])c(-c2ccc3c(c2)B2c4cc(-c5cc(C(C)(C)C)cc(C(C)(C)C)c5)ccc4N(c4c(-c5ccccc5)cc(C(C)(C)C)cc4-c4ccccc4)c4cc(-n5c6ccc(C(C)(C)C)cc6c6cc(C(C)(C)C)ccc65)cc(c42)C32c3ccccc3Oc3ccccc32)c([2H])c1[2H]. The number of benzene rings is 12. The number of para-hydroxylation sites is 2. The lowest BCUT2D eigenvalue weighted by molar-refractivity contribution is 0.435. The summed E-state index contributed by atoms with van der Waals surface area (Å²) in [5, 5.41) is 2.37. The van der Waals surface area contributed by atoms with Gasteiger partial charge >= 0.3 is 0 Å². The van der Waals surface area contributed by atoms with E-state index in [1.54, 1.807) is 0 Å². The fraction of sp³-hybridized carbons (Fsp3) is 0.226. The lowest BCUT2D eigenvalue weighted by Gasteiger charge is -2.50. The van der Waals surface area contributed by atoms with Crippen LogP contribution in [0.2, 0.25) is 0 Å². The second-order valence-corrected chi connectivity index (χ2v) is 32.6. The van der Waals surface area contributed by atoms with E-state index < -0.39 is 18.2 Å². The maximum Gasteiger partial charge on any atom is 0.247 e. The Labute approximate surface area is 582 Å². The molecular weight excluding hydrogens is 1170 g/mol. The van der Waals surface area contributed by atoms with E-state index in [4.69, 9.17) is 8.85 Å². The summed E-state index contributed by atoms with van der Waals surface area (Å²) in [6.45, 7) is 34.0. The number of hydrogen-bond acceptors (Lipinski definition) is 2. The molecule has 16 rings (SSSR count). The summed E-state index contributed by atoms with van der Waals surface area (Å²) in [6.07, 6.45) is 0. The predicted octanol–water partition coefficient (Wildman–Crippen LogP) is 23.0. The second kappa shape index (κ2) is 22.1. The Morgan fingerprint density at radius 1 is 0.351 bits per heavy atom. The Morgan fingerprint density at radius 2 is 0.825 bits per heavy atom. The molecule has 0 amide bonds. The van der Waals surface area contributed by atoms with Gasteiger partial charge in [0.05, 0.1) is 29.0 Å². The van der Waals surface area contributed by atoms with E-state index in [9.17, 15) is 2.74 Å². The van der Waals surface area contributed by atoms with Gasteiger partial charge in [-0.25, -0.2) is 0 Å². The van der Waals surface area contributed by atoms with Crippen LogP contribution in [-0.2, 0) is 32.5 Å². The van der Waals surface area contributed by atoms with Crippen molar-refractivity contribution in [1.82, 2.24) is 4.57 Å². The van der Waals surface area contributed by atoms with Crippen molar-refractivity contribution < 1.29 is 11.6 Å². The molecule has 12 aromatic carbocycles. The first-order valence-electron chi connectivity index (χ1n) is 37.1. The summed E-state index contributed by atoms with van der Waals surface area (Å²) < 4.78 is 56.2. The van der Waals surface area contributed by atoms with Gasteiger partial charge in [-0.15, -0.1) is 0 Å². The summed E-state index contributed by atoms with van der Waals surface area (Å²) in [7, 11) is 0. The Balaban J connectivity index is 1.16. The van der Waals surface area contributed by atoms with Crippen LogP contribution in [0, 0.1) is 0 Å². The third-order valence-corrected chi connectivity index (χ3v) is 21.1. The number of nitrogens with zero attached hydrogens (tertiary/aromatic N) is 2. The first-order valence-corrected chi connectivity index (χ1v) is 34.6.